The van der Waals surface area contributed by atoms with E-state index in [-0.39, 0.29) is 37.2 Å². The molecule has 1 heterocycles. The van der Waals surface area contributed by atoms with Crippen LogP contribution < -0.4 is 11.5 Å². The van der Waals surface area contributed by atoms with Gasteiger partial charge in [-0.05, 0) is 24.3 Å². The number of anilines is 2. The molecule has 0 amide bonds. The third kappa shape index (κ3) is 4.26. The van der Waals surface area contributed by atoms with E-state index >= 15 is 0 Å². The van der Waals surface area contributed by atoms with Crippen molar-refractivity contribution in [1.82, 2.24) is 9.97 Å². The predicted molar refractivity (Wildman–Crippen MR) is 78.0 cm³/mol. The molecular weight excluding hydrogens is 282 g/mol. The van der Waals surface area contributed by atoms with Gasteiger partial charge in [-0.2, -0.15) is 0 Å². The molecule has 0 atom stereocenters. The summed E-state index contributed by atoms with van der Waals surface area (Å²) in [5, 5.41) is 0. The minimum absolute atomic E-state index is 0. The molecule has 0 bridgehead atoms. The Balaban J connectivity index is 0. The number of aromatic nitrogens is 2. The monoisotopic (exact) mass is 294 g/mol. The summed E-state index contributed by atoms with van der Waals surface area (Å²) in [6.07, 6.45) is 3.34. The summed E-state index contributed by atoms with van der Waals surface area (Å²) in [5.41, 5.74) is 13.5. The van der Waals surface area contributed by atoms with Crippen LogP contribution in [0.25, 0.3) is 11.4 Å². The molecule has 2 aromatic rings. The summed E-state index contributed by atoms with van der Waals surface area (Å²) in [6.45, 7) is 0. The van der Waals surface area contributed by atoms with Gasteiger partial charge in [0.05, 0.1) is 0 Å². The zero-order valence-corrected chi connectivity index (χ0v) is 11.2. The molecule has 1 aromatic carbocycles. The SMILES string of the molecule is Cl.Cl.Cl.Nc1ccc(N)c(-c2ncccn2)c1. The van der Waals surface area contributed by atoms with Gasteiger partial charge in [-0.1, -0.05) is 0 Å². The molecular formula is C10H13Cl3N4. The number of hydrogen-bond donors (Lipinski definition) is 2. The molecule has 0 radical (unpaired) electrons. The molecule has 0 aliphatic rings. The van der Waals surface area contributed by atoms with Crippen LogP contribution in [0.15, 0.2) is 36.7 Å². The lowest BCUT2D eigenvalue weighted by Crippen LogP contribution is -1.95. The Hall–Kier alpha value is -1.23. The molecule has 0 unspecified atom stereocenters. The summed E-state index contributed by atoms with van der Waals surface area (Å²) in [4.78, 5) is 8.21. The van der Waals surface area contributed by atoms with Crippen molar-refractivity contribution < 1.29 is 0 Å². The van der Waals surface area contributed by atoms with E-state index in [1.807, 2.05) is 0 Å². The van der Waals surface area contributed by atoms with E-state index in [1.165, 1.54) is 0 Å². The topological polar surface area (TPSA) is 77.8 Å². The number of rotatable bonds is 1. The first-order chi connectivity index (χ1) is 6.77. The molecule has 17 heavy (non-hydrogen) atoms. The van der Waals surface area contributed by atoms with Crippen molar-refractivity contribution in [2.45, 2.75) is 0 Å². The van der Waals surface area contributed by atoms with Crippen LogP contribution in [0.2, 0.25) is 0 Å². The van der Waals surface area contributed by atoms with E-state index in [1.54, 1.807) is 36.7 Å². The quantitative estimate of drug-likeness (QED) is 0.793. The van der Waals surface area contributed by atoms with E-state index < -0.39 is 0 Å². The highest BCUT2D eigenvalue weighted by atomic mass is 35.5. The van der Waals surface area contributed by atoms with Crippen LogP contribution in [0, 0.1) is 0 Å². The molecule has 2 rings (SSSR count). The second kappa shape index (κ2) is 7.95. The number of hydrogen-bond acceptors (Lipinski definition) is 4. The van der Waals surface area contributed by atoms with Gasteiger partial charge < -0.3 is 11.5 Å². The second-order valence-electron chi connectivity index (χ2n) is 2.92. The van der Waals surface area contributed by atoms with Crippen molar-refractivity contribution in [2.24, 2.45) is 0 Å². The van der Waals surface area contributed by atoms with Gasteiger partial charge in [0.25, 0.3) is 0 Å². The number of nitrogens with two attached hydrogens (primary N) is 2. The Morgan fingerprint density at radius 1 is 0.882 bits per heavy atom. The van der Waals surface area contributed by atoms with Gasteiger partial charge in [0.1, 0.15) is 0 Å². The Morgan fingerprint density at radius 3 is 2.06 bits per heavy atom. The van der Waals surface area contributed by atoms with Crippen molar-refractivity contribution >= 4 is 48.6 Å². The van der Waals surface area contributed by atoms with Gasteiger partial charge in [-0.25, -0.2) is 9.97 Å². The predicted octanol–water partition coefficient (Wildman–Crippen LogP) is 2.57. The first kappa shape index (κ1) is 18.1. The van der Waals surface area contributed by atoms with Crippen LogP contribution in [0.4, 0.5) is 11.4 Å². The first-order valence-electron chi connectivity index (χ1n) is 4.20. The molecule has 0 saturated carbocycles. The smallest absolute Gasteiger partial charge is 0.161 e. The fourth-order valence-corrected chi connectivity index (χ4v) is 1.21. The number of benzene rings is 1. The van der Waals surface area contributed by atoms with Gasteiger partial charge in [0.15, 0.2) is 5.82 Å². The molecule has 4 nitrogen and oxygen atoms in total. The molecule has 0 saturated heterocycles. The highest BCUT2D eigenvalue weighted by Crippen LogP contribution is 2.24. The summed E-state index contributed by atoms with van der Waals surface area (Å²) >= 11 is 0. The molecule has 7 heteroatoms. The van der Waals surface area contributed by atoms with Crippen molar-refractivity contribution in [3.05, 3.63) is 36.7 Å². The van der Waals surface area contributed by atoms with Gasteiger partial charge in [-0.3, -0.25) is 0 Å². The van der Waals surface area contributed by atoms with E-state index in [2.05, 4.69) is 9.97 Å². The van der Waals surface area contributed by atoms with Crippen molar-refractivity contribution in [3.63, 3.8) is 0 Å². The van der Waals surface area contributed by atoms with E-state index in [4.69, 9.17) is 11.5 Å². The second-order valence-corrected chi connectivity index (χ2v) is 2.92. The largest absolute Gasteiger partial charge is 0.399 e. The van der Waals surface area contributed by atoms with Crippen molar-refractivity contribution in [2.75, 3.05) is 11.5 Å². The average Bonchev–Trinajstić information content (AvgIpc) is 2.23. The minimum atomic E-state index is 0. The third-order valence-electron chi connectivity index (χ3n) is 1.88. The van der Waals surface area contributed by atoms with Crippen LogP contribution in [-0.4, -0.2) is 9.97 Å². The number of halogens is 3. The maximum Gasteiger partial charge on any atom is 0.161 e. The lowest BCUT2D eigenvalue weighted by atomic mass is 10.1. The average molecular weight is 296 g/mol. The maximum atomic E-state index is 5.79. The zero-order chi connectivity index (χ0) is 9.97. The molecule has 0 aliphatic carbocycles. The van der Waals surface area contributed by atoms with E-state index in [0.29, 0.717) is 17.2 Å². The van der Waals surface area contributed by atoms with E-state index in [0.717, 1.165) is 5.56 Å². The fraction of sp³-hybridized carbons (Fsp3) is 0. The van der Waals surface area contributed by atoms with Gasteiger partial charge in [-0.15, -0.1) is 37.2 Å². The molecule has 4 N–H and O–H groups in total. The summed E-state index contributed by atoms with van der Waals surface area (Å²) in [6, 6.07) is 7.03. The standard InChI is InChI=1S/C10H10N4.3ClH/c11-7-2-3-9(12)8(6-7)10-13-4-1-5-14-10;;;/h1-6H,11-12H2;3*1H. The van der Waals surface area contributed by atoms with Gasteiger partial charge in [0.2, 0.25) is 0 Å². The lowest BCUT2D eigenvalue weighted by molar-refractivity contribution is 1.18. The summed E-state index contributed by atoms with van der Waals surface area (Å²) in [5.74, 6) is 0.595. The van der Waals surface area contributed by atoms with Crippen LogP contribution >= 0.6 is 37.2 Å². The van der Waals surface area contributed by atoms with Gasteiger partial charge in [0, 0.05) is 29.3 Å². The first-order valence-corrected chi connectivity index (χ1v) is 4.20. The summed E-state index contributed by atoms with van der Waals surface area (Å²) in [7, 11) is 0. The normalized spacial score (nSPS) is 8.24. The highest BCUT2D eigenvalue weighted by molar-refractivity contribution is 5.86. The van der Waals surface area contributed by atoms with Crippen LogP contribution in [-0.2, 0) is 0 Å². The van der Waals surface area contributed by atoms with Crippen LogP contribution in [0.3, 0.4) is 0 Å². The minimum Gasteiger partial charge on any atom is -0.399 e. The van der Waals surface area contributed by atoms with Crippen molar-refractivity contribution in [3.8, 4) is 11.4 Å². The third-order valence-corrected chi connectivity index (χ3v) is 1.88. The molecule has 0 aliphatic heterocycles. The van der Waals surface area contributed by atoms with Crippen LogP contribution in [0.1, 0.15) is 0 Å². The molecule has 0 spiro atoms. The maximum absolute atomic E-state index is 5.79. The highest BCUT2D eigenvalue weighted by Gasteiger charge is 2.04. The number of nitrogens with zero attached hydrogens (tertiary/aromatic N) is 2. The lowest BCUT2D eigenvalue weighted by Gasteiger charge is -2.04. The summed E-state index contributed by atoms with van der Waals surface area (Å²) < 4.78 is 0. The zero-order valence-electron chi connectivity index (χ0n) is 8.74. The molecule has 0 fully saturated rings. The molecule has 1 aromatic heterocycles. The molecule has 94 valence electrons. The Labute approximate surface area is 118 Å². The Kier molecular flexibility index (Phi) is 8.48. The number of nitrogen functional groups attached to an aromatic ring is 2. The fourth-order valence-electron chi connectivity index (χ4n) is 1.21. The van der Waals surface area contributed by atoms with Crippen molar-refractivity contribution in [1.29, 1.82) is 0 Å². The Bertz CT molecular complexity index is 451. The van der Waals surface area contributed by atoms with E-state index in [9.17, 15) is 0 Å². The van der Waals surface area contributed by atoms with Crippen LogP contribution in [0.5, 0.6) is 0 Å². The Morgan fingerprint density at radius 2 is 1.47 bits per heavy atom. The van der Waals surface area contributed by atoms with Gasteiger partial charge >= 0.3 is 0 Å².